The molecule has 3 nitrogen and oxygen atoms in total. The minimum atomic E-state index is -2.70. The number of nitrogens with zero attached hydrogens (tertiary/aromatic N) is 1. The lowest BCUT2D eigenvalue weighted by atomic mass is 10.3. The Labute approximate surface area is 65.8 Å². The molecule has 2 N–H and O–H groups in total. The van der Waals surface area contributed by atoms with Crippen molar-refractivity contribution in [2.45, 2.75) is 4.90 Å². The van der Waals surface area contributed by atoms with Gasteiger partial charge in [-0.05, 0) is 12.1 Å². The van der Waals surface area contributed by atoms with Crippen LogP contribution in [0.25, 0.3) is 0 Å². The first-order chi connectivity index (χ1) is 5.20. The topological polar surface area (TPSA) is 52.8 Å². The van der Waals surface area contributed by atoms with Crippen LogP contribution in [0.15, 0.2) is 34.2 Å². The molecule has 0 saturated carbocycles. The van der Waals surface area contributed by atoms with Gasteiger partial charge in [-0.3, -0.25) is 9.11 Å². The number of fused-ring (bicyclic) bond motifs is 1. The maximum Gasteiger partial charge on any atom is 0.116 e. The number of para-hydroxylation sites is 1. The van der Waals surface area contributed by atoms with Gasteiger partial charge in [-0.25, -0.2) is 4.99 Å². The van der Waals surface area contributed by atoms with E-state index in [2.05, 4.69) is 4.99 Å². The fraction of sp³-hybridized carbons (Fsp3) is 0. The molecule has 0 bridgehead atoms. The maximum atomic E-state index is 9.34. The molecular formula is C7H7NO2S. The third kappa shape index (κ3) is 0.956. The lowest BCUT2D eigenvalue weighted by Gasteiger charge is -2.22. The Kier molecular flexibility index (Phi) is 1.29. The van der Waals surface area contributed by atoms with Crippen LogP contribution in [0.5, 0.6) is 0 Å². The molecule has 2 rings (SSSR count). The van der Waals surface area contributed by atoms with Gasteiger partial charge in [0.1, 0.15) is 5.55 Å². The zero-order valence-corrected chi connectivity index (χ0v) is 6.45. The second-order valence-electron chi connectivity index (χ2n) is 2.30. The van der Waals surface area contributed by atoms with Crippen molar-refractivity contribution in [1.29, 1.82) is 0 Å². The van der Waals surface area contributed by atoms with Gasteiger partial charge in [0.2, 0.25) is 0 Å². The Bertz CT molecular complexity index is 322. The van der Waals surface area contributed by atoms with Crippen molar-refractivity contribution in [3.8, 4) is 0 Å². The first kappa shape index (κ1) is 6.84. The summed E-state index contributed by atoms with van der Waals surface area (Å²) in [5.41, 5.74) is 1.87. The molecule has 4 heteroatoms. The smallest absolute Gasteiger partial charge is 0.116 e. The summed E-state index contributed by atoms with van der Waals surface area (Å²) in [6.45, 7) is 0. The maximum absolute atomic E-state index is 9.34. The van der Waals surface area contributed by atoms with Gasteiger partial charge in [-0.15, -0.1) is 10.6 Å². The van der Waals surface area contributed by atoms with Gasteiger partial charge >= 0.3 is 0 Å². The number of benzene rings is 1. The molecule has 0 unspecified atom stereocenters. The van der Waals surface area contributed by atoms with Crippen LogP contribution in [-0.2, 0) is 0 Å². The second-order valence-corrected chi connectivity index (χ2v) is 4.13. The van der Waals surface area contributed by atoms with Gasteiger partial charge in [-0.2, -0.15) is 0 Å². The van der Waals surface area contributed by atoms with E-state index in [0.29, 0.717) is 10.6 Å². The molecule has 0 atom stereocenters. The summed E-state index contributed by atoms with van der Waals surface area (Å²) in [5.74, 6) is 0. The molecule has 1 aliphatic heterocycles. The van der Waals surface area contributed by atoms with E-state index in [1.165, 1.54) is 5.55 Å². The van der Waals surface area contributed by atoms with Crippen LogP contribution in [0, 0.1) is 0 Å². The minimum absolute atomic E-state index is 0.528. The Morgan fingerprint density at radius 3 is 2.64 bits per heavy atom. The molecule has 0 fully saturated rings. The van der Waals surface area contributed by atoms with Crippen LogP contribution >= 0.6 is 10.6 Å². The largest absolute Gasteiger partial charge is 0.289 e. The van der Waals surface area contributed by atoms with Crippen molar-refractivity contribution in [3.63, 3.8) is 0 Å². The molecule has 0 radical (unpaired) electrons. The van der Waals surface area contributed by atoms with Crippen LogP contribution in [-0.4, -0.2) is 14.7 Å². The lowest BCUT2D eigenvalue weighted by molar-refractivity contribution is 0.506. The van der Waals surface area contributed by atoms with Gasteiger partial charge < -0.3 is 0 Å². The summed E-state index contributed by atoms with van der Waals surface area (Å²) in [5, 5.41) is 0. The van der Waals surface area contributed by atoms with Crippen molar-refractivity contribution in [2.75, 3.05) is 0 Å². The number of rotatable bonds is 0. The number of aliphatic imine (C=N–C) groups is 1. The van der Waals surface area contributed by atoms with E-state index in [1.54, 1.807) is 18.2 Å². The molecule has 1 aliphatic rings. The van der Waals surface area contributed by atoms with Gasteiger partial charge in [0, 0.05) is 0 Å². The predicted molar refractivity (Wildman–Crippen MR) is 45.7 cm³/mol. The zero-order chi connectivity index (χ0) is 7.90. The van der Waals surface area contributed by atoms with Crippen LogP contribution in [0.3, 0.4) is 0 Å². The van der Waals surface area contributed by atoms with E-state index in [1.807, 2.05) is 6.07 Å². The van der Waals surface area contributed by atoms with Gasteiger partial charge in [0.05, 0.1) is 10.6 Å². The molecule has 0 saturated heterocycles. The first-order valence-corrected chi connectivity index (χ1v) is 4.72. The van der Waals surface area contributed by atoms with E-state index in [4.69, 9.17) is 0 Å². The quantitative estimate of drug-likeness (QED) is 0.626. The zero-order valence-electron chi connectivity index (χ0n) is 5.64. The Hall–Kier alpha value is -0.840. The van der Waals surface area contributed by atoms with Crippen molar-refractivity contribution in [3.05, 3.63) is 24.3 Å². The van der Waals surface area contributed by atoms with Gasteiger partial charge in [0.15, 0.2) is 0 Å². The van der Waals surface area contributed by atoms with Crippen molar-refractivity contribution < 1.29 is 9.11 Å². The normalized spacial score (nSPS) is 21.3. The molecule has 0 spiro atoms. The van der Waals surface area contributed by atoms with E-state index >= 15 is 0 Å². The van der Waals surface area contributed by atoms with Crippen molar-refractivity contribution >= 4 is 21.8 Å². The molecule has 1 heterocycles. The fourth-order valence-electron chi connectivity index (χ4n) is 1.00. The van der Waals surface area contributed by atoms with Crippen LogP contribution in [0.2, 0.25) is 0 Å². The summed E-state index contributed by atoms with van der Waals surface area (Å²) in [7, 11) is -2.70. The first-order valence-electron chi connectivity index (χ1n) is 3.11. The Morgan fingerprint density at radius 2 is 1.91 bits per heavy atom. The molecule has 1 aromatic carbocycles. The standard InChI is InChI=1S/C7H7NO2S/c9-11(10)5-8-6-3-1-2-4-7(6)11/h1-5,9-10H. The fourth-order valence-corrected chi connectivity index (χ4v) is 2.09. The van der Waals surface area contributed by atoms with E-state index in [0.717, 1.165) is 0 Å². The summed E-state index contributed by atoms with van der Waals surface area (Å²) < 4.78 is 18.7. The molecule has 1 aromatic rings. The van der Waals surface area contributed by atoms with Crippen molar-refractivity contribution in [1.82, 2.24) is 0 Å². The third-order valence-electron chi connectivity index (χ3n) is 1.53. The molecule has 0 amide bonds. The summed E-state index contributed by atoms with van der Waals surface area (Å²) in [6, 6.07) is 7.02. The highest BCUT2D eigenvalue weighted by atomic mass is 32.3. The Morgan fingerprint density at radius 1 is 1.18 bits per heavy atom. The third-order valence-corrected chi connectivity index (χ3v) is 2.92. The number of hydrogen-bond donors (Lipinski definition) is 2. The van der Waals surface area contributed by atoms with Gasteiger partial charge in [-0.1, -0.05) is 12.1 Å². The Balaban J connectivity index is 2.64. The summed E-state index contributed by atoms with van der Waals surface area (Å²) in [4.78, 5) is 4.39. The second kappa shape index (κ2) is 2.07. The molecular weight excluding hydrogens is 162 g/mol. The van der Waals surface area contributed by atoms with Gasteiger partial charge in [0.25, 0.3) is 0 Å². The average molecular weight is 169 g/mol. The molecule has 58 valence electrons. The molecule has 11 heavy (non-hydrogen) atoms. The lowest BCUT2D eigenvalue weighted by Crippen LogP contribution is -1.93. The summed E-state index contributed by atoms with van der Waals surface area (Å²) >= 11 is 0. The molecule has 0 aromatic heterocycles. The highest BCUT2D eigenvalue weighted by Crippen LogP contribution is 2.54. The van der Waals surface area contributed by atoms with Crippen molar-refractivity contribution in [2.24, 2.45) is 4.99 Å². The predicted octanol–water partition coefficient (Wildman–Crippen LogP) is 2.47. The van der Waals surface area contributed by atoms with Crippen LogP contribution in [0.1, 0.15) is 0 Å². The van der Waals surface area contributed by atoms with Crippen LogP contribution in [0.4, 0.5) is 5.69 Å². The average Bonchev–Trinajstić information content (AvgIpc) is 2.29. The number of hydrogen-bond acceptors (Lipinski definition) is 3. The van der Waals surface area contributed by atoms with E-state index in [9.17, 15) is 9.11 Å². The molecule has 0 aliphatic carbocycles. The minimum Gasteiger partial charge on any atom is -0.289 e. The highest BCUT2D eigenvalue weighted by molar-refractivity contribution is 8.35. The SMILES string of the molecule is OS1(O)C=Nc2ccccc21. The summed E-state index contributed by atoms with van der Waals surface area (Å²) in [6.07, 6.45) is 0. The highest BCUT2D eigenvalue weighted by Gasteiger charge is 2.21. The monoisotopic (exact) mass is 169 g/mol. The van der Waals surface area contributed by atoms with E-state index < -0.39 is 10.6 Å². The van der Waals surface area contributed by atoms with E-state index in [-0.39, 0.29) is 0 Å². The van der Waals surface area contributed by atoms with Crippen LogP contribution < -0.4 is 0 Å².